The van der Waals surface area contributed by atoms with Crippen LogP contribution >= 0.6 is 0 Å². The van der Waals surface area contributed by atoms with Crippen LogP contribution in [0, 0.1) is 0 Å². The Morgan fingerprint density at radius 2 is 0.789 bits per heavy atom. The largest absolute Gasteiger partial charge is 1.00 e. The van der Waals surface area contributed by atoms with Crippen molar-refractivity contribution in [3.63, 3.8) is 0 Å². The smallest absolute Gasteiger partial charge is 1.00 e. The summed E-state index contributed by atoms with van der Waals surface area (Å²) >= 11 is 0. The average Bonchev–Trinajstić information content (AvgIpc) is 2.80. The van der Waals surface area contributed by atoms with Gasteiger partial charge in [0.1, 0.15) is 16.5 Å². The molecule has 0 amide bonds. The third-order valence-corrected chi connectivity index (χ3v) is 21.4. The molecule has 0 atom stereocenters. The van der Waals surface area contributed by atoms with Crippen LogP contribution in [-0.4, -0.2) is 26.4 Å². The minimum atomic E-state index is -1.50. The Kier molecular flexibility index (Phi) is 19.6. The fourth-order valence-corrected chi connectivity index (χ4v) is 18.1. The van der Waals surface area contributed by atoms with Crippen molar-refractivity contribution in [2.24, 2.45) is 0 Å². The molecule has 0 saturated carbocycles. The van der Waals surface area contributed by atoms with Crippen molar-refractivity contribution in [2.45, 2.75) is 129 Å². The molecule has 0 aliphatic heterocycles. The van der Waals surface area contributed by atoms with Gasteiger partial charge >= 0.3 is 18.9 Å². The van der Waals surface area contributed by atoms with E-state index in [9.17, 15) is 0 Å². The Balaban J connectivity index is 0. The summed E-state index contributed by atoms with van der Waals surface area (Å²) in [4.78, 5) is 16.7. The SMILES string of the molecule is CC(C)[Si](NCc1ccccn1)(C(C)C)C(C)C.CC(C)[Si](NCc1ccccn1)(C(C)C)C(C)C.[Cl-].[Li+]. The molecule has 0 saturated heterocycles. The molecule has 2 aromatic heterocycles. The van der Waals surface area contributed by atoms with Gasteiger partial charge in [-0.3, -0.25) is 9.97 Å². The van der Waals surface area contributed by atoms with Gasteiger partial charge in [-0.2, -0.15) is 0 Å². The van der Waals surface area contributed by atoms with Crippen LogP contribution in [0.2, 0.25) is 33.2 Å². The minimum Gasteiger partial charge on any atom is -1.00 e. The van der Waals surface area contributed by atoms with Gasteiger partial charge in [0, 0.05) is 25.5 Å². The van der Waals surface area contributed by atoms with E-state index in [1.807, 2.05) is 24.5 Å². The van der Waals surface area contributed by atoms with E-state index in [2.05, 4.69) is 127 Å². The first-order valence-corrected chi connectivity index (χ1v) is 18.6. The predicted molar refractivity (Wildman–Crippen MR) is 164 cm³/mol. The number of nitrogens with zero attached hydrogens (tertiary/aromatic N) is 2. The van der Waals surface area contributed by atoms with E-state index in [0.29, 0.717) is 0 Å². The fraction of sp³-hybridized carbons (Fsp3) is 0.667. The van der Waals surface area contributed by atoms with Crippen molar-refractivity contribution in [1.82, 2.24) is 19.9 Å². The minimum absolute atomic E-state index is 0. The quantitative estimate of drug-likeness (QED) is 0.385. The average molecular weight is 571 g/mol. The monoisotopic (exact) mass is 570 g/mol. The molecule has 0 bridgehead atoms. The topological polar surface area (TPSA) is 49.8 Å². The van der Waals surface area contributed by atoms with Crippen LogP contribution in [-0.2, 0) is 13.1 Å². The molecule has 0 fully saturated rings. The first-order chi connectivity index (χ1) is 16.8. The molecule has 4 nitrogen and oxygen atoms in total. The molecule has 2 heterocycles. The zero-order valence-corrected chi connectivity index (χ0v) is 29.5. The van der Waals surface area contributed by atoms with Crippen LogP contribution < -0.4 is 41.2 Å². The Morgan fingerprint density at radius 1 is 0.526 bits per heavy atom. The summed E-state index contributed by atoms with van der Waals surface area (Å²) in [6, 6.07) is 12.3. The van der Waals surface area contributed by atoms with Crippen molar-refractivity contribution >= 4 is 16.5 Å². The molecule has 212 valence electrons. The summed E-state index contributed by atoms with van der Waals surface area (Å²) in [5, 5.41) is 0. The van der Waals surface area contributed by atoms with Gasteiger partial charge in [-0.05, 0) is 57.5 Å². The molecular weight excluding hydrogens is 515 g/mol. The number of pyridine rings is 2. The molecule has 0 radical (unpaired) electrons. The maximum Gasteiger partial charge on any atom is 1.00 e. The van der Waals surface area contributed by atoms with Gasteiger partial charge in [0.2, 0.25) is 0 Å². The maximum absolute atomic E-state index is 4.42. The van der Waals surface area contributed by atoms with E-state index in [0.717, 1.165) is 57.7 Å². The Bertz CT molecular complexity index is 735. The molecule has 38 heavy (non-hydrogen) atoms. The molecule has 2 N–H and O–H groups in total. The van der Waals surface area contributed by atoms with Crippen LogP contribution in [0.3, 0.4) is 0 Å². The van der Waals surface area contributed by atoms with Crippen molar-refractivity contribution in [2.75, 3.05) is 0 Å². The third-order valence-electron chi connectivity index (χ3n) is 8.34. The molecule has 8 heteroatoms. The molecule has 0 unspecified atom stereocenters. The Hall–Kier alpha value is -0.459. The van der Waals surface area contributed by atoms with Crippen molar-refractivity contribution in [3.8, 4) is 0 Å². The number of nitrogens with one attached hydrogen (secondary N) is 2. The first kappa shape index (κ1) is 39.7. The first-order valence-electron chi connectivity index (χ1n) is 14.1. The van der Waals surface area contributed by atoms with E-state index in [1.165, 1.54) is 0 Å². The van der Waals surface area contributed by atoms with Crippen molar-refractivity contribution in [3.05, 3.63) is 60.2 Å². The van der Waals surface area contributed by atoms with Gasteiger partial charge in [-0.1, -0.05) is 95.2 Å². The number of aromatic nitrogens is 2. The second-order valence-corrected chi connectivity index (χ2v) is 23.5. The summed E-state index contributed by atoms with van der Waals surface area (Å²) < 4.78 is 0. The van der Waals surface area contributed by atoms with E-state index < -0.39 is 16.5 Å². The Morgan fingerprint density at radius 3 is 0.974 bits per heavy atom. The van der Waals surface area contributed by atoms with Crippen molar-refractivity contribution < 1.29 is 31.3 Å². The second-order valence-electron chi connectivity index (χ2n) is 12.1. The fourth-order valence-electron chi connectivity index (χ4n) is 6.72. The molecule has 0 aliphatic carbocycles. The molecule has 0 aromatic carbocycles. The predicted octanol–water partition coefficient (Wildman–Crippen LogP) is 2.70. The van der Waals surface area contributed by atoms with Crippen molar-refractivity contribution in [1.29, 1.82) is 0 Å². The number of hydrogen-bond donors (Lipinski definition) is 2. The summed E-state index contributed by atoms with van der Waals surface area (Å²) in [5.74, 6) is 0. The van der Waals surface area contributed by atoms with E-state index in [4.69, 9.17) is 0 Å². The van der Waals surface area contributed by atoms with E-state index >= 15 is 0 Å². The van der Waals surface area contributed by atoms with Gasteiger partial charge < -0.3 is 22.4 Å². The molecule has 2 aromatic rings. The molecule has 0 aliphatic rings. The van der Waals surface area contributed by atoms with Crippen LogP contribution in [0.5, 0.6) is 0 Å². The summed E-state index contributed by atoms with van der Waals surface area (Å²) in [7, 11) is -3.00. The van der Waals surface area contributed by atoms with Gasteiger partial charge in [0.05, 0.1) is 11.4 Å². The van der Waals surface area contributed by atoms with E-state index in [1.54, 1.807) is 0 Å². The summed E-state index contributed by atoms with van der Waals surface area (Å²) in [5.41, 5.74) is 6.72. The third kappa shape index (κ3) is 10.5. The number of hydrogen-bond acceptors (Lipinski definition) is 4. The normalized spacial score (nSPS) is 12.1. The van der Waals surface area contributed by atoms with Crippen LogP contribution in [0.4, 0.5) is 0 Å². The van der Waals surface area contributed by atoms with Gasteiger partial charge in [-0.15, -0.1) is 0 Å². The Labute approximate surface area is 256 Å². The summed E-state index contributed by atoms with van der Waals surface area (Å²) in [6.07, 6.45) is 3.75. The zero-order chi connectivity index (χ0) is 27.5. The number of halogens is 1. The maximum atomic E-state index is 4.42. The number of rotatable bonds is 12. The van der Waals surface area contributed by atoms with Crippen LogP contribution in [0.15, 0.2) is 48.8 Å². The van der Waals surface area contributed by atoms with Crippen LogP contribution in [0.1, 0.15) is 94.5 Å². The molecule has 2 rings (SSSR count). The standard InChI is InChI=1S/2C15H28N2Si.ClH.Li/c2*1-12(2)18(13(3)4,14(5)6)17-11-15-9-7-8-10-16-15;;/h2*7-10,12-14,17H,11H2,1-6H3;1H;/q;;;+1/p-1. The molecular formula is C30H56ClLiN4Si2. The van der Waals surface area contributed by atoms with Gasteiger partial charge in [0.25, 0.3) is 0 Å². The zero-order valence-electron chi connectivity index (χ0n) is 26.8. The second kappa shape index (κ2) is 18.8. The van der Waals surface area contributed by atoms with Crippen LogP contribution in [0.25, 0.3) is 0 Å². The van der Waals surface area contributed by atoms with E-state index in [-0.39, 0.29) is 31.3 Å². The summed E-state index contributed by atoms with van der Waals surface area (Å²) in [6.45, 7) is 30.3. The molecule has 0 spiro atoms. The van der Waals surface area contributed by atoms with Gasteiger partial charge in [-0.25, -0.2) is 0 Å². The van der Waals surface area contributed by atoms with Gasteiger partial charge in [0.15, 0.2) is 0 Å².